The molecule has 5 nitrogen and oxygen atoms in total. The minimum absolute atomic E-state index is 0.626. The average molecular weight is 719 g/mol. The largest absolute Gasteiger partial charge is 0.456 e. The van der Waals surface area contributed by atoms with Crippen LogP contribution >= 0.6 is 0 Å². The Labute approximate surface area is 323 Å². The summed E-state index contributed by atoms with van der Waals surface area (Å²) >= 11 is 0. The van der Waals surface area contributed by atoms with Crippen LogP contribution in [0.25, 0.3) is 100 Å². The van der Waals surface area contributed by atoms with Gasteiger partial charge < -0.3 is 8.98 Å². The molecule has 0 radical (unpaired) electrons. The summed E-state index contributed by atoms with van der Waals surface area (Å²) in [7, 11) is 0. The van der Waals surface area contributed by atoms with Gasteiger partial charge in [-0.1, -0.05) is 146 Å². The third-order valence-corrected chi connectivity index (χ3v) is 10.9. The maximum atomic E-state index is 6.52. The first-order valence-electron chi connectivity index (χ1n) is 19.1. The van der Waals surface area contributed by atoms with Crippen molar-refractivity contribution in [3.63, 3.8) is 0 Å². The van der Waals surface area contributed by atoms with Gasteiger partial charge >= 0.3 is 0 Å². The summed E-state index contributed by atoms with van der Waals surface area (Å²) in [6.07, 6.45) is 8.52. The lowest BCUT2D eigenvalue weighted by molar-refractivity contribution is 0.669. The van der Waals surface area contributed by atoms with Gasteiger partial charge in [0.25, 0.3) is 0 Å². The van der Waals surface area contributed by atoms with Crippen LogP contribution in [0.1, 0.15) is 18.7 Å². The number of benzene rings is 7. The fourth-order valence-corrected chi connectivity index (χ4v) is 8.24. The molecule has 11 rings (SSSR count). The van der Waals surface area contributed by atoms with Gasteiger partial charge in [0.05, 0.1) is 16.7 Å². The maximum absolute atomic E-state index is 6.52. The van der Waals surface area contributed by atoms with E-state index in [-0.39, 0.29) is 0 Å². The molecule has 264 valence electrons. The number of aromatic nitrogens is 4. The minimum atomic E-state index is 0.626. The summed E-state index contributed by atoms with van der Waals surface area (Å²) in [5, 5.41) is 4.58. The van der Waals surface area contributed by atoms with Gasteiger partial charge in [0.2, 0.25) is 0 Å². The number of para-hydroxylation sites is 2. The van der Waals surface area contributed by atoms with Gasteiger partial charge in [-0.05, 0) is 54.3 Å². The van der Waals surface area contributed by atoms with E-state index in [1.165, 1.54) is 10.8 Å². The lowest BCUT2D eigenvalue weighted by atomic mass is 9.92. The van der Waals surface area contributed by atoms with Crippen molar-refractivity contribution >= 4 is 49.3 Å². The molecule has 5 heteroatoms. The van der Waals surface area contributed by atoms with Crippen molar-refractivity contribution in [3.8, 4) is 50.7 Å². The highest BCUT2D eigenvalue weighted by Gasteiger charge is 2.24. The van der Waals surface area contributed by atoms with E-state index in [2.05, 4.69) is 156 Å². The summed E-state index contributed by atoms with van der Waals surface area (Å²) in [4.78, 5) is 15.4. The number of hydrogen-bond acceptors (Lipinski definition) is 4. The fourth-order valence-electron chi connectivity index (χ4n) is 8.24. The Morgan fingerprint density at radius 2 is 1.02 bits per heavy atom. The van der Waals surface area contributed by atoms with E-state index in [1.807, 2.05) is 30.3 Å². The zero-order valence-corrected chi connectivity index (χ0v) is 30.4. The van der Waals surface area contributed by atoms with Crippen molar-refractivity contribution in [1.82, 2.24) is 19.5 Å². The van der Waals surface area contributed by atoms with Crippen LogP contribution in [0.5, 0.6) is 0 Å². The summed E-state index contributed by atoms with van der Waals surface area (Å²) in [5.41, 5.74) is 12.2. The molecule has 0 unspecified atom stereocenters. The highest BCUT2D eigenvalue weighted by Crippen LogP contribution is 2.45. The molecular formula is C51H34N4O. The summed E-state index contributed by atoms with van der Waals surface area (Å²) in [5.74, 6) is 1.95. The Balaban J connectivity index is 1.25. The summed E-state index contributed by atoms with van der Waals surface area (Å²) < 4.78 is 8.95. The van der Waals surface area contributed by atoms with E-state index in [0.29, 0.717) is 17.5 Å². The van der Waals surface area contributed by atoms with Gasteiger partial charge in [0.1, 0.15) is 11.2 Å². The van der Waals surface area contributed by atoms with Gasteiger partial charge in [-0.15, -0.1) is 0 Å². The number of rotatable bonds is 6. The third kappa shape index (κ3) is 5.36. The van der Waals surface area contributed by atoms with Crippen molar-refractivity contribution < 1.29 is 4.42 Å². The first-order valence-corrected chi connectivity index (χ1v) is 19.1. The minimum Gasteiger partial charge on any atom is -0.456 e. The molecule has 3 heterocycles. The zero-order valence-electron chi connectivity index (χ0n) is 30.4. The van der Waals surface area contributed by atoms with Gasteiger partial charge in [0, 0.05) is 55.4 Å². The van der Waals surface area contributed by atoms with Crippen molar-refractivity contribution in [3.05, 3.63) is 188 Å². The van der Waals surface area contributed by atoms with Crippen molar-refractivity contribution in [2.45, 2.75) is 12.8 Å². The molecule has 0 atom stereocenters. The fraction of sp³-hybridized carbons (Fsp3) is 0.0392. The quantitative estimate of drug-likeness (QED) is 0.172. The first kappa shape index (κ1) is 32.1. The smallest absolute Gasteiger partial charge is 0.164 e. The average Bonchev–Trinajstić information content (AvgIpc) is 3.80. The Morgan fingerprint density at radius 3 is 1.70 bits per heavy atom. The summed E-state index contributed by atoms with van der Waals surface area (Å²) in [6, 6.07) is 57.5. The molecule has 10 aromatic rings. The van der Waals surface area contributed by atoms with E-state index in [0.717, 1.165) is 90.5 Å². The van der Waals surface area contributed by atoms with Gasteiger partial charge in [-0.25, -0.2) is 15.0 Å². The predicted molar refractivity (Wildman–Crippen MR) is 230 cm³/mol. The van der Waals surface area contributed by atoms with Crippen molar-refractivity contribution in [2.24, 2.45) is 0 Å². The Hall–Kier alpha value is -7.37. The van der Waals surface area contributed by atoms with Crippen molar-refractivity contribution in [2.75, 3.05) is 0 Å². The van der Waals surface area contributed by atoms with Gasteiger partial charge in [-0.2, -0.15) is 0 Å². The molecule has 1 aliphatic carbocycles. The van der Waals surface area contributed by atoms with E-state index >= 15 is 0 Å². The predicted octanol–water partition coefficient (Wildman–Crippen LogP) is 13.3. The van der Waals surface area contributed by atoms with Crippen LogP contribution in [0, 0.1) is 0 Å². The Morgan fingerprint density at radius 1 is 0.429 bits per heavy atom. The van der Waals surface area contributed by atoms with Crippen LogP contribution in [0.4, 0.5) is 0 Å². The van der Waals surface area contributed by atoms with E-state index in [1.54, 1.807) is 0 Å². The van der Waals surface area contributed by atoms with Crippen LogP contribution in [0.3, 0.4) is 0 Å². The Bertz CT molecular complexity index is 3110. The molecule has 0 saturated carbocycles. The maximum Gasteiger partial charge on any atom is 0.164 e. The summed E-state index contributed by atoms with van der Waals surface area (Å²) in [6.45, 7) is 0. The molecular weight excluding hydrogens is 685 g/mol. The van der Waals surface area contributed by atoms with E-state index in [4.69, 9.17) is 19.4 Å². The molecule has 1 aliphatic rings. The second kappa shape index (κ2) is 13.2. The van der Waals surface area contributed by atoms with E-state index in [9.17, 15) is 0 Å². The van der Waals surface area contributed by atoms with Gasteiger partial charge in [-0.3, -0.25) is 0 Å². The lowest BCUT2D eigenvalue weighted by Gasteiger charge is -2.21. The number of nitrogens with zero attached hydrogens (tertiary/aromatic N) is 4. The van der Waals surface area contributed by atoms with E-state index < -0.39 is 0 Å². The van der Waals surface area contributed by atoms with Crippen molar-refractivity contribution in [1.29, 1.82) is 0 Å². The molecule has 0 spiro atoms. The second-order valence-electron chi connectivity index (χ2n) is 14.3. The van der Waals surface area contributed by atoms with Gasteiger partial charge in [0.15, 0.2) is 17.5 Å². The molecule has 56 heavy (non-hydrogen) atoms. The standard InChI is InChI=1S/C51H34N4O/c1-5-17-33(18-6-1)40-29-37(51-53-49(35-21-9-3-10-22-35)52-50(54-51)36-23-11-4-12-24-36)30-41(34-19-7-2-8-20-34)48(40)55-44-27-15-13-25-38(44)42-31-43-39-26-14-16-28-46(39)56-47(43)32-45(42)55/h1-3,5-11,13-32H,4,12H2. The zero-order chi connectivity index (χ0) is 37.0. The third-order valence-electron chi connectivity index (χ3n) is 10.9. The van der Waals surface area contributed by atoms with Crippen LogP contribution in [-0.2, 0) is 0 Å². The molecule has 3 aromatic heterocycles. The monoisotopic (exact) mass is 718 g/mol. The SMILES string of the molecule is C1=CC(c2nc(-c3ccccc3)nc(-c3cc(-c4ccccc4)c(-n4c5ccccc5c5cc6c(cc54)oc4ccccc46)c(-c4ccccc4)c3)n2)=CCC1. The first-order chi connectivity index (χ1) is 27.8. The molecule has 7 aromatic carbocycles. The highest BCUT2D eigenvalue weighted by molar-refractivity contribution is 6.18. The normalized spacial score (nSPS) is 12.9. The Kier molecular flexibility index (Phi) is 7.56. The number of fused-ring (bicyclic) bond motifs is 6. The molecule has 0 saturated heterocycles. The second-order valence-corrected chi connectivity index (χ2v) is 14.3. The topological polar surface area (TPSA) is 56.7 Å². The molecule has 0 amide bonds. The molecule has 0 aliphatic heterocycles. The van der Waals surface area contributed by atoms with Crippen LogP contribution in [0.15, 0.2) is 186 Å². The molecule has 0 bridgehead atoms. The molecule has 0 N–H and O–H groups in total. The number of hydrogen-bond donors (Lipinski definition) is 0. The molecule has 0 fully saturated rings. The number of allylic oxidation sites excluding steroid dienone is 4. The van der Waals surface area contributed by atoms with Crippen LogP contribution in [-0.4, -0.2) is 19.5 Å². The number of furan rings is 1. The van der Waals surface area contributed by atoms with Crippen LogP contribution < -0.4 is 0 Å². The highest BCUT2D eigenvalue weighted by atomic mass is 16.3. The van der Waals surface area contributed by atoms with Crippen LogP contribution in [0.2, 0.25) is 0 Å². The lowest BCUT2D eigenvalue weighted by Crippen LogP contribution is -2.05.